The number of nitrogens with one attached hydrogen (secondary N) is 1. The van der Waals surface area contributed by atoms with Crippen LogP contribution in [-0.2, 0) is 9.59 Å². The highest BCUT2D eigenvalue weighted by atomic mass is 19.1. The van der Waals surface area contributed by atoms with Gasteiger partial charge in [-0.05, 0) is 37.8 Å². The number of likely N-dealkylation sites (tertiary alicyclic amines) is 1. The van der Waals surface area contributed by atoms with E-state index in [-0.39, 0.29) is 36.1 Å². The maximum atomic E-state index is 13.4. The first-order chi connectivity index (χ1) is 11.1. The Kier molecular flexibility index (Phi) is 4.79. The molecule has 2 amide bonds. The zero-order valence-electron chi connectivity index (χ0n) is 13.0. The van der Waals surface area contributed by atoms with Crippen LogP contribution in [0.15, 0.2) is 24.3 Å². The molecule has 6 heteroatoms. The molecule has 0 radical (unpaired) electrons. The normalized spacial score (nSPS) is 18.6. The second kappa shape index (κ2) is 6.98. The van der Waals surface area contributed by atoms with Gasteiger partial charge in [0.2, 0.25) is 5.91 Å². The molecule has 1 saturated heterocycles. The average Bonchev–Trinajstić information content (AvgIpc) is 3.39. The van der Waals surface area contributed by atoms with E-state index >= 15 is 0 Å². The number of halogens is 1. The van der Waals surface area contributed by atoms with Crippen LogP contribution in [-0.4, -0.2) is 42.5 Å². The summed E-state index contributed by atoms with van der Waals surface area (Å²) in [5, 5.41) is 2.89. The van der Waals surface area contributed by atoms with Crippen molar-refractivity contribution < 1.29 is 18.7 Å². The number of ether oxygens (including phenoxy) is 1. The Bertz CT molecular complexity index is 581. The number of carbonyl (C=O) groups is 2. The summed E-state index contributed by atoms with van der Waals surface area (Å²) in [6.45, 7) is 1.17. The predicted octanol–water partition coefficient (Wildman–Crippen LogP) is 1.72. The predicted molar refractivity (Wildman–Crippen MR) is 82.4 cm³/mol. The molecular formula is C17H21FN2O3. The number of carbonyl (C=O) groups excluding carboxylic acids is 2. The Labute approximate surface area is 134 Å². The smallest absolute Gasteiger partial charge is 0.258 e. The molecule has 2 fully saturated rings. The Morgan fingerprint density at radius 2 is 1.87 bits per heavy atom. The van der Waals surface area contributed by atoms with Gasteiger partial charge in [0.05, 0.1) is 0 Å². The maximum absolute atomic E-state index is 13.4. The van der Waals surface area contributed by atoms with Crippen molar-refractivity contribution in [1.82, 2.24) is 10.2 Å². The van der Waals surface area contributed by atoms with E-state index in [1.165, 1.54) is 12.1 Å². The van der Waals surface area contributed by atoms with Gasteiger partial charge in [-0.15, -0.1) is 0 Å². The molecular weight excluding hydrogens is 299 g/mol. The Hall–Kier alpha value is -2.11. The van der Waals surface area contributed by atoms with Crippen LogP contribution in [0, 0.1) is 11.7 Å². The van der Waals surface area contributed by atoms with Crippen LogP contribution in [0.1, 0.15) is 25.7 Å². The molecule has 5 nitrogen and oxygen atoms in total. The van der Waals surface area contributed by atoms with Crippen molar-refractivity contribution >= 4 is 11.8 Å². The van der Waals surface area contributed by atoms with Crippen molar-refractivity contribution in [3.63, 3.8) is 0 Å². The third-order valence-electron chi connectivity index (χ3n) is 4.29. The number of amides is 2. The summed E-state index contributed by atoms with van der Waals surface area (Å²) in [6, 6.07) is 6.06. The molecule has 124 valence electrons. The fourth-order valence-electron chi connectivity index (χ4n) is 2.81. The first-order valence-corrected chi connectivity index (χ1v) is 8.09. The Morgan fingerprint density at radius 1 is 1.17 bits per heavy atom. The lowest BCUT2D eigenvalue weighted by Crippen LogP contribution is -2.47. The van der Waals surface area contributed by atoms with Crippen molar-refractivity contribution in [2.75, 3.05) is 19.7 Å². The van der Waals surface area contributed by atoms with Crippen molar-refractivity contribution in [2.45, 2.75) is 31.7 Å². The van der Waals surface area contributed by atoms with Crippen LogP contribution < -0.4 is 10.1 Å². The highest BCUT2D eigenvalue weighted by Gasteiger charge is 2.35. The van der Waals surface area contributed by atoms with E-state index in [0.29, 0.717) is 13.1 Å². The first-order valence-electron chi connectivity index (χ1n) is 8.09. The number of rotatable bonds is 5. The summed E-state index contributed by atoms with van der Waals surface area (Å²) in [6.07, 6.45) is 3.54. The van der Waals surface area contributed by atoms with Crippen LogP contribution in [0.2, 0.25) is 0 Å². The molecule has 0 spiro atoms. The van der Waals surface area contributed by atoms with E-state index < -0.39 is 5.82 Å². The fraction of sp³-hybridized carbons (Fsp3) is 0.529. The molecule has 1 aromatic rings. The lowest BCUT2D eigenvalue weighted by molar-refractivity contribution is -0.133. The van der Waals surface area contributed by atoms with Crippen molar-refractivity contribution in [3.8, 4) is 5.75 Å². The third kappa shape index (κ3) is 4.21. The number of benzene rings is 1. The monoisotopic (exact) mass is 320 g/mol. The van der Waals surface area contributed by atoms with Gasteiger partial charge in [0.15, 0.2) is 18.2 Å². The second-order valence-electron chi connectivity index (χ2n) is 6.16. The minimum Gasteiger partial charge on any atom is -0.481 e. The topological polar surface area (TPSA) is 58.6 Å². The minimum absolute atomic E-state index is 0.0509. The SMILES string of the molecule is O=C(COc1ccccc1F)NC1CCN(C(=O)C2CC2)CC1. The zero-order valence-corrected chi connectivity index (χ0v) is 13.0. The highest BCUT2D eigenvalue weighted by molar-refractivity contribution is 5.81. The molecule has 1 aliphatic carbocycles. The molecule has 1 aromatic carbocycles. The summed E-state index contributed by atoms with van der Waals surface area (Å²) in [5.74, 6) is -0.159. The van der Waals surface area contributed by atoms with Crippen LogP contribution in [0.25, 0.3) is 0 Å². The summed E-state index contributed by atoms with van der Waals surface area (Å²) in [7, 11) is 0. The van der Waals surface area contributed by atoms with E-state index in [9.17, 15) is 14.0 Å². The highest BCUT2D eigenvalue weighted by Crippen LogP contribution is 2.31. The van der Waals surface area contributed by atoms with E-state index in [1.807, 2.05) is 4.90 Å². The largest absolute Gasteiger partial charge is 0.481 e. The molecule has 1 N–H and O–H groups in total. The molecule has 0 bridgehead atoms. The van der Waals surface area contributed by atoms with E-state index in [1.54, 1.807) is 12.1 Å². The number of hydrogen-bond acceptors (Lipinski definition) is 3. The molecule has 1 heterocycles. The molecule has 0 unspecified atom stereocenters. The molecule has 0 aromatic heterocycles. The van der Waals surface area contributed by atoms with E-state index in [4.69, 9.17) is 4.74 Å². The molecule has 3 rings (SSSR count). The van der Waals surface area contributed by atoms with Gasteiger partial charge in [0.1, 0.15) is 0 Å². The standard InChI is InChI=1S/C17H21FN2O3/c18-14-3-1-2-4-15(14)23-11-16(21)19-13-7-9-20(10-8-13)17(22)12-5-6-12/h1-4,12-13H,5-11H2,(H,19,21). The Balaban J connectivity index is 1.39. The molecule has 23 heavy (non-hydrogen) atoms. The third-order valence-corrected chi connectivity index (χ3v) is 4.29. The fourth-order valence-corrected chi connectivity index (χ4v) is 2.81. The quantitative estimate of drug-likeness (QED) is 0.899. The number of hydrogen-bond donors (Lipinski definition) is 1. The maximum Gasteiger partial charge on any atom is 0.258 e. The van der Waals surface area contributed by atoms with Crippen molar-refractivity contribution in [3.05, 3.63) is 30.1 Å². The van der Waals surface area contributed by atoms with Gasteiger partial charge in [0.25, 0.3) is 5.91 Å². The lowest BCUT2D eigenvalue weighted by Gasteiger charge is -2.32. The zero-order chi connectivity index (χ0) is 16.2. The average molecular weight is 320 g/mol. The van der Waals surface area contributed by atoms with Gasteiger partial charge >= 0.3 is 0 Å². The van der Waals surface area contributed by atoms with Gasteiger partial charge < -0.3 is 15.0 Å². The minimum atomic E-state index is -0.479. The molecule has 0 atom stereocenters. The summed E-state index contributed by atoms with van der Waals surface area (Å²) in [5.41, 5.74) is 0. The van der Waals surface area contributed by atoms with Gasteiger partial charge in [-0.2, -0.15) is 0 Å². The number of para-hydroxylation sites is 1. The summed E-state index contributed by atoms with van der Waals surface area (Å²) >= 11 is 0. The van der Waals surface area contributed by atoms with E-state index in [0.717, 1.165) is 25.7 Å². The van der Waals surface area contributed by atoms with Crippen LogP contribution in [0.4, 0.5) is 4.39 Å². The molecule has 1 saturated carbocycles. The van der Waals surface area contributed by atoms with Gasteiger partial charge in [-0.25, -0.2) is 4.39 Å². The van der Waals surface area contributed by atoms with Gasteiger partial charge in [-0.3, -0.25) is 9.59 Å². The van der Waals surface area contributed by atoms with Crippen molar-refractivity contribution in [2.24, 2.45) is 5.92 Å². The van der Waals surface area contributed by atoms with Crippen LogP contribution in [0.5, 0.6) is 5.75 Å². The summed E-state index contributed by atoms with van der Waals surface area (Å²) in [4.78, 5) is 25.8. The van der Waals surface area contributed by atoms with Gasteiger partial charge in [-0.1, -0.05) is 12.1 Å². The number of nitrogens with zero attached hydrogens (tertiary/aromatic N) is 1. The van der Waals surface area contributed by atoms with Gasteiger partial charge in [0, 0.05) is 25.0 Å². The van der Waals surface area contributed by atoms with Crippen LogP contribution >= 0.6 is 0 Å². The molecule has 1 aliphatic heterocycles. The lowest BCUT2D eigenvalue weighted by atomic mass is 10.0. The summed E-state index contributed by atoms with van der Waals surface area (Å²) < 4.78 is 18.6. The van der Waals surface area contributed by atoms with E-state index in [2.05, 4.69) is 5.32 Å². The van der Waals surface area contributed by atoms with Crippen molar-refractivity contribution in [1.29, 1.82) is 0 Å². The first kappa shape index (κ1) is 15.8. The molecule has 2 aliphatic rings. The van der Waals surface area contributed by atoms with Crippen LogP contribution in [0.3, 0.4) is 0 Å². The second-order valence-corrected chi connectivity index (χ2v) is 6.16. The number of piperidine rings is 1. The Morgan fingerprint density at radius 3 is 2.52 bits per heavy atom.